The predicted octanol–water partition coefficient (Wildman–Crippen LogP) is 2.56. The summed E-state index contributed by atoms with van der Waals surface area (Å²) < 4.78 is 1.07. The second-order valence-corrected chi connectivity index (χ2v) is 7.30. The number of hydrogen-bond donors (Lipinski definition) is 2. The largest absolute Gasteiger partial charge is 0.352 e. The molecule has 0 fully saturated rings. The standard InChI is InChI=1S/C18H17ClN4O3S/c1-2-13-9-14-17(27-13)21-10-23(18(14)26)22-15(24)7-8-20-16(25)11-3-5-12(19)6-4-11/h3-6,9-10H,2,7-8H2,1H3,(H,20,25)(H,22,24). The highest BCUT2D eigenvalue weighted by Crippen LogP contribution is 2.20. The van der Waals surface area contributed by atoms with Crippen LogP contribution in [0.15, 0.2) is 41.5 Å². The molecule has 7 nitrogen and oxygen atoms in total. The molecule has 0 saturated heterocycles. The average molecular weight is 405 g/mol. The molecule has 3 rings (SSSR count). The van der Waals surface area contributed by atoms with Crippen LogP contribution in [0.1, 0.15) is 28.6 Å². The number of benzene rings is 1. The second kappa shape index (κ2) is 8.32. The van der Waals surface area contributed by atoms with E-state index in [1.54, 1.807) is 30.3 Å². The van der Waals surface area contributed by atoms with Gasteiger partial charge in [0.05, 0.1) is 5.39 Å². The fourth-order valence-electron chi connectivity index (χ4n) is 2.41. The molecular weight excluding hydrogens is 388 g/mol. The first kappa shape index (κ1) is 19.1. The quantitative estimate of drug-likeness (QED) is 0.660. The molecule has 0 aliphatic rings. The fraction of sp³-hybridized carbons (Fsp3) is 0.222. The Hall–Kier alpha value is -2.71. The van der Waals surface area contributed by atoms with Crippen molar-refractivity contribution in [2.45, 2.75) is 19.8 Å². The molecule has 0 atom stereocenters. The van der Waals surface area contributed by atoms with Crippen molar-refractivity contribution in [3.63, 3.8) is 0 Å². The summed E-state index contributed by atoms with van der Waals surface area (Å²) in [5.74, 6) is -0.703. The van der Waals surface area contributed by atoms with Crippen molar-refractivity contribution in [3.05, 3.63) is 62.5 Å². The summed E-state index contributed by atoms with van der Waals surface area (Å²) in [6, 6.07) is 8.23. The molecule has 3 aromatic rings. The minimum absolute atomic E-state index is 0.0215. The maximum absolute atomic E-state index is 12.4. The summed E-state index contributed by atoms with van der Waals surface area (Å²) in [5.41, 5.74) is 2.62. The van der Waals surface area contributed by atoms with E-state index in [0.717, 1.165) is 16.0 Å². The second-order valence-electron chi connectivity index (χ2n) is 5.75. The number of carbonyl (C=O) groups is 2. The zero-order valence-corrected chi connectivity index (χ0v) is 16.1. The summed E-state index contributed by atoms with van der Waals surface area (Å²) in [6.07, 6.45) is 2.14. The number of rotatable bonds is 6. The Morgan fingerprint density at radius 1 is 1.26 bits per heavy atom. The van der Waals surface area contributed by atoms with E-state index in [9.17, 15) is 14.4 Å². The van der Waals surface area contributed by atoms with E-state index in [-0.39, 0.29) is 24.4 Å². The lowest BCUT2D eigenvalue weighted by molar-refractivity contribution is -0.117. The lowest BCUT2D eigenvalue weighted by Gasteiger charge is -2.08. The van der Waals surface area contributed by atoms with Crippen molar-refractivity contribution < 1.29 is 9.59 Å². The number of aromatic nitrogens is 2. The minimum atomic E-state index is -0.402. The molecule has 0 bridgehead atoms. The topological polar surface area (TPSA) is 93.1 Å². The third kappa shape index (κ3) is 4.53. The monoisotopic (exact) mass is 404 g/mol. The molecule has 0 unspecified atom stereocenters. The van der Waals surface area contributed by atoms with Crippen LogP contribution < -0.4 is 16.3 Å². The van der Waals surface area contributed by atoms with E-state index in [0.29, 0.717) is 20.8 Å². The Labute approximate surface area is 164 Å². The summed E-state index contributed by atoms with van der Waals surface area (Å²) in [7, 11) is 0. The molecule has 2 N–H and O–H groups in total. The summed E-state index contributed by atoms with van der Waals surface area (Å²) >= 11 is 7.24. The van der Waals surface area contributed by atoms with Crippen LogP contribution in [0.5, 0.6) is 0 Å². The van der Waals surface area contributed by atoms with Crippen molar-refractivity contribution >= 4 is 45.0 Å². The van der Waals surface area contributed by atoms with Gasteiger partial charge in [0.2, 0.25) is 5.91 Å². The summed E-state index contributed by atoms with van der Waals surface area (Å²) in [4.78, 5) is 42.4. The van der Waals surface area contributed by atoms with Gasteiger partial charge in [-0.1, -0.05) is 18.5 Å². The maximum Gasteiger partial charge on any atom is 0.280 e. The Morgan fingerprint density at radius 3 is 2.70 bits per heavy atom. The Kier molecular flexibility index (Phi) is 5.88. The number of amides is 2. The van der Waals surface area contributed by atoms with Crippen LogP contribution in [-0.2, 0) is 11.2 Å². The van der Waals surface area contributed by atoms with Crippen LogP contribution in [0.25, 0.3) is 10.2 Å². The van der Waals surface area contributed by atoms with E-state index < -0.39 is 5.91 Å². The molecule has 0 aliphatic heterocycles. The minimum Gasteiger partial charge on any atom is -0.352 e. The smallest absolute Gasteiger partial charge is 0.280 e. The van der Waals surface area contributed by atoms with Gasteiger partial charge in [-0.3, -0.25) is 19.8 Å². The van der Waals surface area contributed by atoms with Gasteiger partial charge in [0.15, 0.2) is 0 Å². The summed E-state index contributed by atoms with van der Waals surface area (Å²) in [5, 5.41) is 3.67. The van der Waals surface area contributed by atoms with E-state index in [1.165, 1.54) is 17.7 Å². The van der Waals surface area contributed by atoms with Crippen LogP contribution in [0.3, 0.4) is 0 Å². The normalized spacial score (nSPS) is 10.7. The van der Waals surface area contributed by atoms with Gasteiger partial charge < -0.3 is 5.32 Å². The number of fused-ring (bicyclic) bond motifs is 1. The SMILES string of the molecule is CCc1cc2c(=O)n(NC(=O)CCNC(=O)c3ccc(Cl)cc3)cnc2s1. The highest BCUT2D eigenvalue weighted by Gasteiger charge is 2.11. The van der Waals surface area contributed by atoms with Crippen LogP contribution in [0, 0.1) is 0 Å². The molecule has 140 valence electrons. The van der Waals surface area contributed by atoms with Crippen LogP contribution >= 0.6 is 22.9 Å². The van der Waals surface area contributed by atoms with Crippen molar-refractivity contribution in [2.75, 3.05) is 12.0 Å². The molecule has 0 aliphatic carbocycles. The first-order chi connectivity index (χ1) is 13.0. The van der Waals surface area contributed by atoms with Crippen molar-refractivity contribution in [3.8, 4) is 0 Å². The van der Waals surface area contributed by atoms with E-state index in [1.807, 2.05) is 6.92 Å². The van der Waals surface area contributed by atoms with Crippen LogP contribution in [0.2, 0.25) is 5.02 Å². The van der Waals surface area contributed by atoms with E-state index in [2.05, 4.69) is 15.7 Å². The first-order valence-electron chi connectivity index (χ1n) is 8.31. The zero-order valence-electron chi connectivity index (χ0n) is 14.5. The van der Waals surface area contributed by atoms with Gasteiger partial charge in [-0.2, -0.15) is 0 Å². The third-order valence-electron chi connectivity index (χ3n) is 3.84. The predicted molar refractivity (Wildman–Crippen MR) is 106 cm³/mol. The number of carbonyl (C=O) groups excluding carboxylic acids is 2. The third-order valence-corrected chi connectivity index (χ3v) is 5.28. The Morgan fingerprint density at radius 2 is 2.00 bits per heavy atom. The number of aryl methyl sites for hydroxylation is 1. The summed E-state index contributed by atoms with van der Waals surface area (Å²) in [6.45, 7) is 2.14. The molecule has 2 heterocycles. The Bertz CT molecular complexity index is 1040. The molecule has 0 saturated carbocycles. The van der Waals surface area contributed by atoms with Gasteiger partial charge in [-0.15, -0.1) is 11.3 Å². The molecule has 0 spiro atoms. The average Bonchev–Trinajstić information content (AvgIpc) is 3.09. The van der Waals surface area contributed by atoms with Crippen molar-refractivity contribution in [2.24, 2.45) is 0 Å². The van der Waals surface area contributed by atoms with Gasteiger partial charge in [0, 0.05) is 28.4 Å². The lowest BCUT2D eigenvalue weighted by Crippen LogP contribution is -2.35. The molecule has 1 aromatic carbocycles. The fourth-order valence-corrected chi connectivity index (χ4v) is 3.46. The molecule has 9 heteroatoms. The Balaban J connectivity index is 1.57. The number of hydrogen-bond acceptors (Lipinski definition) is 5. The van der Waals surface area contributed by atoms with Gasteiger partial charge in [0.1, 0.15) is 11.2 Å². The lowest BCUT2D eigenvalue weighted by atomic mass is 10.2. The number of nitrogens with one attached hydrogen (secondary N) is 2. The number of nitrogens with zero attached hydrogens (tertiary/aromatic N) is 2. The van der Waals surface area contributed by atoms with Gasteiger partial charge in [0.25, 0.3) is 11.5 Å². The van der Waals surface area contributed by atoms with Crippen molar-refractivity contribution in [1.29, 1.82) is 0 Å². The first-order valence-corrected chi connectivity index (χ1v) is 9.51. The number of halogens is 1. The van der Waals surface area contributed by atoms with Crippen LogP contribution in [-0.4, -0.2) is 28.0 Å². The molecule has 2 amide bonds. The van der Waals surface area contributed by atoms with Gasteiger partial charge in [-0.25, -0.2) is 9.66 Å². The van der Waals surface area contributed by atoms with Gasteiger partial charge >= 0.3 is 0 Å². The molecule has 0 radical (unpaired) electrons. The van der Waals surface area contributed by atoms with Gasteiger partial charge in [-0.05, 0) is 36.8 Å². The highest BCUT2D eigenvalue weighted by molar-refractivity contribution is 7.18. The highest BCUT2D eigenvalue weighted by atomic mass is 35.5. The van der Waals surface area contributed by atoms with E-state index >= 15 is 0 Å². The maximum atomic E-state index is 12.4. The molecule has 27 heavy (non-hydrogen) atoms. The van der Waals surface area contributed by atoms with E-state index in [4.69, 9.17) is 11.6 Å². The van der Waals surface area contributed by atoms with Crippen LogP contribution in [0.4, 0.5) is 0 Å². The number of thiophene rings is 1. The zero-order chi connectivity index (χ0) is 19.4. The van der Waals surface area contributed by atoms with Crippen molar-refractivity contribution in [1.82, 2.24) is 15.0 Å². The molecular formula is C18H17ClN4O3S. The molecule has 2 aromatic heterocycles.